The van der Waals surface area contributed by atoms with Gasteiger partial charge in [-0.2, -0.15) is 0 Å². The van der Waals surface area contributed by atoms with Gasteiger partial charge in [0.05, 0.1) is 11.0 Å². The van der Waals surface area contributed by atoms with Crippen LogP contribution in [0.1, 0.15) is 64.1 Å². The largest absolute Gasteiger partial charge is 0.336 e. The number of amides is 2. The first kappa shape index (κ1) is 22.7. The molecule has 0 N–H and O–H groups in total. The summed E-state index contributed by atoms with van der Waals surface area (Å²) in [5, 5.41) is 2.40. The number of aromatic nitrogens is 3. The van der Waals surface area contributed by atoms with Gasteiger partial charge in [0, 0.05) is 68.5 Å². The van der Waals surface area contributed by atoms with E-state index >= 15 is 0 Å². The summed E-state index contributed by atoms with van der Waals surface area (Å²) in [6, 6.07) is 6.95. The maximum Gasteiger partial charge on any atom is 0.282 e. The Morgan fingerprint density at radius 3 is 2.43 bits per heavy atom. The summed E-state index contributed by atoms with van der Waals surface area (Å²) in [4.78, 5) is 40.9. The molecule has 2 amide bonds. The standard InChI is InChI=1S/C26H32N6O2S/c1-18-28-22-15-19(7-8-23(22)32(18)20-5-3-2-4-6-20)25(33)30-12-10-29(11-13-30)21-16-31(17-21)26(34)24-27-9-14-35-24/h7-9,14-15,20-21H,2-6,10-13,16-17H2,1H3. The van der Waals surface area contributed by atoms with E-state index < -0.39 is 0 Å². The number of hydrogen-bond donors (Lipinski definition) is 0. The second-order valence-electron chi connectivity index (χ2n) is 10.1. The smallest absolute Gasteiger partial charge is 0.282 e. The molecular formula is C26H32N6O2S. The Morgan fingerprint density at radius 1 is 0.943 bits per heavy atom. The predicted octanol–water partition coefficient (Wildman–Crippen LogP) is 3.59. The van der Waals surface area contributed by atoms with Crippen molar-refractivity contribution in [3.8, 4) is 0 Å². The van der Waals surface area contributed by atoms with Gasteiger partial charge in [-0.25, -0.2) is 9.97 Å². The van der Waals surface area contributed by atoms with Crippen LogP contribution < -0.4 is 0 Å². The van der Waals surface area contributed by atoms with Crippen molar-refractivity contribution in [2.75, 3.05) is 39.3 Å². The number of likely N-dealkylation sites (tertiary alicyclic amines) is 1. The lowest BCUT2D eigenvalue weighted by Crippen LogP contribution is -2.64. The molecule has 1 aliphatic carbocycles. The minimum atomic E-state index is 0.0293. The van der Waals surface area contributed by atoms with E-state index in [4.69, 9.17) is 4.98 Å². The van der Waals surface area contributed by atoms with Gasteiger partial charge in [0.25, 0.3) is 11.8 Å². The number of imidazole rings is 1. The van der Waals surface area contributed by atoms with Crippen LogP contribution in [-0.4, -0.2) is 86.4 Å². The topological polar surface area (TPSA) is 74.6 Å². The molecule has 1 aromatic carbocycles. The molecule has 35 heavy (non-hydrogen) atoms. The van der Waals surface area contributed by atoms with E-state index in [1.807, 2.05) is 27.3 Å². The van der Waals surface area contributed by atoms with Crippen LogP contribution >= 0.6 is 11.3 Å². The molecule has 2 aromatic heterocycles. The van der Waals surface area contributed by atoms with Crippen molar-refractivity contribution in [1.82, 2.24) is 29.2 Å². The number of carbonyl (C=O) groups excluding carboxylic acids is 2. The maximum absolute atomic E-state index is 13.3. The SMILES string of the molecule is Cc1nc2cc(C(=O)N3CCN(C4CN(C(=O)c5nccs5)C4)CC3)ccc2n1C1CCCCC1. The van der Waals surface area contributed by atoms with E-state index in [1.54, 1.807) is 6.20 Å². The van der Waals surface area contributed by atoms with E-state index in [0.717, 1.165) is 48.6 Å². The van der Waals surface area contributed by atoms with Crippen molar-refractivity contribution >= 4 is 34.2 Å². The quantitative estimate of drug-likeness (QED) is 0.557. The van der Waals surface area contributed by atoms with Crippen molar-refractivity contribution in [2.45, 2.75) is 51.1 Å². The van der Waals surface area contributed by atoms with Crippen molar-refractivity contribution in [3.05, 3.63) is 46.2 Å². The fraction of sp³-hybridized carbons (Fsp3) is 0.538. The van der Waals surface area contributed by atoms with Crippen LogP contribution in [0.2, 0.25) is 0 Å². The first-order valence-corrected chi connectivity index (χ1v) is 13.7. The minimum absolute atomic E-state index is 0.0293. The first-order chi connectivity index (χ1) is 17.1. The molecule has 2 saturated heterocycles. The molecule has 0 atom stereocenters. The molecular weight excluding hydrogens is 460 g/mol. The van der Waals surface area contributed by atoms with Gasteiger partial charge in [-0.05, 0) is 38.0 Å². The second kappa shape index (κ2) is 9.35. The van der Waals surface area contributed by atoms with Gasteiger partial charge in [-0.3, -0.25) is 14.5 Å². The lowest BCUT2D eigenvalue weighted by atomic mass is 9.95. The number of thiazole rings is 1. The second-order valence-corrected chi connectivity index (χ2v) is 10.9. The summed E-state index contributed by atoms with van der Waals surface area (Å²) in [6.07, 6.45) is 8.01. The maximum atomic E-state index is 13.3. The summed E-state index contributed by atoms with van der Waals surface area (Å²) in [5.41, 5.74) is 2.80. The molecule has 184 valence electrons. The van der Waals surface area contributed by atoms with Gasteiger partial charge < -0.3 is 14.4 Å². The van der Waals surface area contributed by atoms with Crippen LogP contribution in [0, 0.1) is 6.92 Å². The molecule has 0 unspecified atom stereocenters. The zero-order valence-corrected chi connectivity index (χ0v) is 21.0. The van der Waals surface area contributed by atoms with Gasteiger partial charge in [-0.1, -0.05) is 19.3 Å². The number of carbonyl (C=O) groups is 2. The Morgan fingerprint density at radius 2 is 1.71 bits per heavy atom. The van der Waals surface area contributed by atoms with Gasteiger partial charge in [-0.15, -0.1) is 11.3 Å². The molecule has 1 saturated carbocycles. The van der Waals surface area contributed by atoms with Crippen molar-refractivity contribution in [3.63, 3.8) is 0 Å². The molecule has 0 radical (unpaired) electrons. The lowest BCUT2D eigenvalue weighted by Gasteiger charge is -2.47. The molecule has 3 aromatic rings. The average molecular weight is 493 g/mol. The Balaban J connectivity index is 1.06. The van der Waals surface area contributed by atoms with Crippen LogP contribution in [-0.2, 0) is 0 Å². The Bertz CT molecular complexity index is 1220. The summed E-state index contributed by atoms with van der Waals surface area (Å²) in [6.45, 7) is 6.67. The number of piperazine rings is 1. The van der Waals surface area contributed by atoms with Gasteiger partial charge in [0.2, 0.25) is 0 Å². The van der Waals surface area contributed by atoms with Crippen molar-refractivity contribution in [2.24, 2.45) is 0 Å². The number of rotatable bonds is 4. The molecule has 2 aliphatic heterocycles. The summed E-state index contributed by atoms with van der Waals surface area (Å²) in [5.74, 6) is 1.17. The minimum Gasteiger partial charge on any atom is -0.336 e. The zero-order valence-electron chi connectivity index (χ0n) is 20.2. The van der Waals surface area contributed by atoms with Gasteiger partial charge >= 0.3 is 0 Å². The molecule has 9 heteroatoms. The van der Waals surface area contributed by atoms with Gasteiger partial charge in [0.15, 0.2) is 5.01 Å². The molecule has 0 bridgehead atoms. The van der Waals surface area contributed by atoms with Crippen LogP contribution in [0.4, 0.5) is 0 Å². The molecule has 0 spiro atoms. The van der Waals surface area contributed by atoms with Crippen molar-refractivity contribution < 1.29 is 9.59 Å². The molecule has 8 nitrogen and oxygen atoms in total. The number of fused-ring (bicyclic) bond motifs is 1. The number of nitrogens with zero attached hydrogens (tertiary/aromatic N) is 6. The Hall–Kier alpha value is -2.78. The Kier molecular flexibility index (Phi) is 6.06. The highest BCUT2D eigenvalue weighted by molar-refractivity contribution is 7.11. The highest BCUT2D eigenvalue weighted by atomic mass is 32.1. The van der Waals surface area contributed by atoms with E-state index in [-0.39, 0.29) is 11.8 Å². The molecule has 4 heterocycles. The fourth-order valence-electron chi connectivity index (χ4n) is 5.94. The highest BCUT2D eigenvalue weighted by Crippen LogP contribution is 2.32. The number of aryl methyl sites for hydroxylation is 1. The monoisotopic (exact) mass is 492 g/mol. The van der Waals surface area contributed by atoms with Crippen LogP contribution in [0.5, 0.6) is 0 Å². The third-order valence-electron chi connectivity index (χ3n) is 7.94. The van der Waals surface area contributed by atoms with Crippen LogP contribution in [0.3, 0.4) is 0 Å². The Labute approximate surface area is 209 Å². The van der Waals surface area contributed by atoms with Crippen molar-refractivity contribution in [1.29, 1.82) is 0 Å². The predicted molar refractivity (Wildman–Crippen MR) is 136 cm³/mol. The molecule has 6 rings (SSSR count). The molecule has 3 aliphatic rings. The highest BCUT2D eigenvalue weighted by Gasteiger charge is 2.37. The summed E-state index contributed by atoms with van der Waals surface area (Å²) < 4.78 is 2.39. The van der Waals surface area contributed by atoms with E-state index in [0.29, 0.717) is 30.2 Å². The van der Waals surface area contributed by atoms with Crippen LogP contribution in [0.15, 0.2) is 29.8 Å². The van der Waals surface area contributed by atoms with Crippen LogP contribution in [0.25, 0.3) is 11.0 Å². The van der Waals surface area contributed by atoms with E-state index in [1.165, 1.54) is 43.4 Å². The number of hydrogen-bond acceptors (Lipinski definition) is 6. The average Bonchev–Trinajstić information content (AvgIpc) is 3.51. The fourth-order valence-corrected chi connectivity index (χ4v) is 6.54. The first-order valence-electron chi connectivity index (χ1n) is 12.8. The lowest BCUT2D eigenvalue weighted by molar-refractivity contribution is 0.00852. The summed E-state index contributed by atoms with van der Waals surface area (Å²) in [7, 11) is 0. The van der Waals surface area contributed by atoms with E-state index in [9.17, 15) is 9.59 Å². The number of benzene rings is 1. The normalized spacial score (nSPS) is 20.4. The third-order valence-corrected chi connectivity index (χ3v) is 8.70. The third kappa shape index (κ3) is 4.25. The van der Waals surface area contributed by atoms with E-state index in [2.05, 4.69) is 27.4 Å². The zero-order chi connectivity index (χ0) is 23.9. The molecule has 3 fully saturated rings. The van der Waals surface area contributed by atoms with Gasteiger partial charge in [0.1, 0.15) is 5.82 Å². The summed E-state index contributed by atoms with van der Waals surface area (Å²) >= 11 is 1.39.